The fourth-order valence-electron chi connectivity index (χ4n) is 1.81. The number of nitrogens with zero attached hydrogens (tertiary/aromatic N) is 1. The molecule has 0 aromatic heterocycles. The molecule has 0 saturated heterocycles. The van der Waals surface area contributed by atoms with E-state index >= 15 is 0 Å². The molecule has 0 aliphatic rings. The van der Waals surface area contributed by atoms with Crippen molar-refractivity contribution in [3.8, 4) is 0 Å². The number of hydrogen-bond donors (Lipinski definition) is 2. The standard InChI is InChI=1S/C14H18N2O3/c1-2-9-16(10-13(17)18)14(19)12-6-4-3-5-11(12)7-8-15/h2-6H,1,7-10,15H2,(H,17,18). The number of hydrogen-bond acceptors (Lipinski definition) is 3. The van der Waals surface area contributed by atoms with Crippen molar-refractivity contribution in [3.63, 3.8) is 0 Å². The normalized spacial score (nSPS) is 9.95. The second-order valence-corrected chi connectivity index (χ2v) is 4.06. The van der Waals surface area contributed by atoms with Crippen LogP contribution in [0.2, 0.25) is 0 Å². The molecule has 0 bridgehead atoms. The van der Waals surface area contributed by atoms with Crippen LogP contribution in [-0.4, -0.2) is 41.5 Å². The molecule has 0 saturated carbocycles. The Morgan fingerprint density at radius 1 is 1.37 bits per heavy atom. The minimum absolute atomic E-state index is 0.197. The minimum Gasteiger partial charge on any atom is -0.480 e. The first kappa shape index (κ1) is 14.9. The van der Waals surface area contributed by atoms with E-state index in [1.54, 1.807) is 12.1 Å². The first-order valence-corrected chi connectivity index (χ1v) is 6.00. The third-order valence-corrected chi connectivity index (χ3v) is 2.62. The molecule has 102 valence electrons. The lowest BCUT2D eigenvalue weighted by atomic mass is 10.0. The van der Waals surface area contributed by atoms with Crippen LogP contribution in [-0.2, 0) is 11.2 Å². The summed E-state index contributed by atoms with van der Waals surface area (Å²) in [5.74, 6) is -1.36. The minimum atomic E-state index is -1.05. The van der Waals surface area contributed by atoms with E-state index in [1.165, 1.54) is 11.0 Å². The van der Waals surface area contributed by atoms with E-state index in [1.807, 2.05) is 12.1 Å². The van der Waals surface area contributed by atoms with Crippen molar-refractivity contribution in [2.24, 2.45) is 5.73 Å². The van der Waals surface area contributed by atoms with Gasteiger partial charge < -0.3 is 15.7 Å². The zero-order chi connectivity index (χ0) is 14.3. The van der Waals surface area contributed by atoms with E-state index in [9.17, 15) is 9.59 Å². The van der Waals surface area contributed by atoms with Crippen molar-refractivity contribution in [1.82, 2.24) is 4.90 Å². The second kappa shape index (κ2) is 7.33. The average molecular weight is 262 g/mol. The van der Waals surface area contributed by atoms with E-state index in [0.29, 0.717) is 18.5 Å². The summed E-state index contributed by atoms with van der Waals surface area (Å²) in [5.41, 5.74) is 6.83. The number of benzene rings is 1. The molecule has 1 aromatic carbocycles. The van der Waals surface area contributed by atoms with Crippen molar-refractivity contribution in [3.05, 3.63) is 48.0 Å². The van der Waals surface area contributed by atoms with Gasteiger partial charge in [-0.05, 0) is 24.6 Å². The molecular weight excluding hydrogens is 244 g/mol. The number of carboxylic acid groups (broad SMARTS) is 1. The zero-order valence-corrected chi connectivity index (χ0v) is 10.7. The van der Waals surface area contributed by atoms with Crippen LogP contribution in [0.25, 0.3) is 0 Å². The fraction of sp³-hybridized carbons (Fsp3) is 0.286. The Balaban J connectivity index is 3.01. The molecule has 1 rings (SSSR count). The van der Waals surface area contributed by atoms with E-state index in [-0.39, 0.29) is 19.0 Å². The van der Waals surface area contributed by atoms with Crippen LogP contribution in [0, 0.1) is 0 Å². The maximum Gasteiger partial charge on any atom is 0.323 e. The van der Waals surface area contributed by atoms with Gasteiger partial charge in [0.25, 0.3) is 5.91 Å². The molecule has 19 heavy (non-hydrogen) atoms. The molecule has 0 spiro atoms. The van der Waals surface area contributed by atoms with Crippen molar-refractivity contribution in [1.29, 1.82) is 0 Å². The monoisotopic (exact) mass is 262 g/mol. The van der Waals surface area contributed by atoms with Crippen LogP contribution in [0.5, 0.6) is 0 Å². The first-order chi connectivity index (χ1) is 9.10. The molecule has 0 aliphatic heterocycles. The van der Waals surface area contributed by atoms with Gasteiger partial charge in [0, 0.05) is 12.1 Å². The molecule has 5 nitrogen and oxygen atoms in total. The van der Waals surface area contributed by atoms with E-state index in [4.69, 9.17) is 10.8 Å². The highest BCUT2D eigenvalue weighted by molar-refractivity contribution is 5.97. The third kappa shape index (κ3) is 4.22. The van der Waals surface area contributed by atoms with E-state index in [0.717, 1.165) is 5.56 Å². The highest BCUT2D eigenvalue weighted by atomic mass is 16.4. The van der Waals surface area contributed by atoms with Gasteiger partial charge in [0.1, 0.15) is 6.54 Å². The SMILES string of the molecule is C=CCN(CC(=O)O)C(=O)c1ccccc1CCN. The number of carbonyl (C=O) groups is 2. The van der Waals surface area contributed by atoms with Crippen molar-refractivity contribution >= 4 is 11.9 Å². The molecule has 3 N–H and O–H groups in total. The lowest BCUT2D eigenvalue weighted by Crippen LogP contribution is -2.36. The van der Waals surface area contributed by atoms with Gasteiger partial charge in [-0.25, -0.2) is 0 Å². The quantitative estimate of drug-likeness (QED) is 0.715. The Hall–Kier alpha value is -2.14. The lowest BCUT2D eigenvalue weighted by molar-refractivity contribution is -0.137. The molecular formula is C14H18N2O3. The average Bonchev–Trinajstić information content (AvgIpc) is 2.38. The fourth-order valence-corrected chi connectivity index (χ4v) is 1.81. The van der Waals surface area contributed by atoms with Gasteiger partial charge in [0.05, 0.1) is 0 Å². The molecule has 0 fully saturated rings. The van der Waals surface area contributed by atoms with Gasteiger partial charge in [0.15, 0.2) is 0 Å². The Morgan fingerprint density at radius 3 is 2.63 bits per heavy atom. The number of nitrogens with two attached hydrogens (primary N) is 1. The van der Waals surface area contributed by atoms with Gasteiger partial charge in [-0.3, -0.25) is 9.59 Å². The summed E-state index contributed by atoms with van der Waals surface area (Å²) in [6, 6.07) is 7.09. The number of amides is 1. The largest absolute Gasteiger partial charge is 0.480 e. The molecule has 0 heterocycles. The van der Waals surface area contributed by atoms with Crippen LogP contribution < -0.4 is 5.73 Å². The summed E-state index contributed by atoms with van der Waals surface area (Å²) in [4.78, 5) is 24.4. The van der Waals surface area contributed by atoms with Crippen LogP contribution in [0.4, 0.5) is 0 Å². The Morgan fingerprint density at radius 2 is 2.05 bits per heavy atom. The maximum absolute atomic E-state index is 12.3. The van der Waals surface area contributed by atoms with E-state index < -0.39 is 5.97 Å². The summed E-state index contributed by atoms with van der Waals surface area (Å²) >= 11 is 0. The molecule has 0 atom stereocenters. The topological polar surface area (TPSA) is 83.6 Å². The Labute approximate surface area is 112 Å². The van der Waals surface area contributed by atoms with Crippen LogP contribution in [0.15, 0.2) is 36.9 Å². The highest BCUT2D eigenvalue weighted by Gasteiger charge is 2.19. The van der Waals surface area contributed by atoms with Gasteiger partial charge >= 0.3 is 5.97 Å². The number of carboxylic acids is 1. The zero-order valence-electron chi connectivity index (χ0n) is 10.7. The molecule has 5 heteroatoms. The van der Waals surface area contributed by atoms with Crippen molar-refractivity contribution in [2.45, 2.75) is 6.42 Å². The van der Waals surface area contributed by atoms with Gasteiger partial charge in [-0.15, -0.1) is 6.58 Å². The van der Waals surface area contributed by atoms with Crippen LogP contribution >= 0.6 is 0 Å². The summed E-state index contributed by atoms with van der Waals surface area (Å²) in [7, 11) is 0. The molecule has 0 aliphatic carbocycles. The van der Waals surface area contributed by atoms with Crippen molar-refractivity contribution in [2.75, 3.05) is 19.6 Å². The molecule has 0 radical (unpaired) electrons. The van der Waals surface area contributed by atoms with Crippen molar-refractivity contribution < 1.29 is 14.7 Å². The van der Waals surface area contributed by atoms with E-state index in [2.05, 4.69) is 6.58 Å². The summed E-state index contributed by atoms with van der Waals surface area (Å²) < 4.78 is 0. The smallest absolute Gasteiger partial charge is 0.323 e. The summed E-state index contributed by atoms with van der Waals surface area (Å²) in [6.45, 7) is 3.82. The predicted molar refractivity (Wildman–Crippen MR) is 72.9 cm³/mol. The first-order valence-electron chi connectivity index (χ1n) is 6.00. The van der Waals surface area contributed by atoms with Gasteiger partial charge in [-0.2, -0.15) is 0 Å². The number of aliphatic carboxylic acids is 1. The predicted octanol–water partition coefficient (Wildman–Crippen LogP) is 0.901. The maximum atomic E-state index is 12.3. The lowest BCUT2D eigenvalue weighted by Gasteiger charge is -2.20. The summed E-state index contributed by atoms with van der Waals surface area (Å²) in [6.07, 6.45) is 2.09. The third-order valence-electron chi connectivity index (χ3n) is 2.62. The Kier molecular flexibility index (Phi) is 5.75. The molecule has 0 unspecified atom stereocenters. The summed E-state index contributed by atoms with van der Waals surface area (Å²) in [5, 5.41) is 8.83. The Bertz CT molecular complexity index is 472. The van der Waals surface area contributed by atoms with Crippen LogP contribution in [0.3, 0.4) is 0 Å². The molecule has 1 aromatic rings. The molecule has 1 amide bonds. The highest BCUT2D eigenvalue weighted by Crippen LogP contribution is 2.12. The second-order valence-electron chi connectivity index (χ2n) is 4.06. The number of rotatable bonds is 7. The van der Waals surface area contributed by atoms with Gasteiger partial charge in [0.2, 0.25) is 0 Å². The number of carbonyl (C=O) groups excluding carboxylic acids is 1. The van der Waals surface area contributed by atoms with Crippen LogP contribution in [0.1, 0.15) is 15.9 Å². The van der Waals surface area contributed by atoms with Gasteiger partial charge in [-0.1, -0.05) is 24.3 Å².